The third-order valence-electron chi connectivity index (χ3n) is 3.92. The summed E-state index contributed by atoms with van der Waals surface area (Å²) >= 11 is 0. The van der Waals surface area contributed by atoms with E-state index in [2.05, 4.69) is 11.9 Å². The molecule has 0 aromatic rings. The number of carboxylic acid groups (broad SMARTS) is 1. The fourth-order valence-corrected chi connectivity index (χ4v) is 2.61. The van der Waals surface area contributed by atoms with Crippen LogP contribution in [0, 0.1) is 5.92 Å². The van der Waals surface area contributed by atoms with Gasteiger partial charge in [-0.3, -0.25) is 4.79 Å². The van der Waals surface area contributed by atoms with E-state index in [-0.39, 0.29) is 6.03 Å². The van der Waals surface area contributed by atoms with Gasteiger partial charge in [-0.1, -0.05) is 25.3 Å². The molecule has 0 bridgehead atoms. The van der Waals surface area contributed by atoms with Gasteiger partial charge >= 0.3 is 12.0 Å². The number of rotatable bonds is 9. The molecular weight excluding hydrogens is 268 g/mol. The van der Waals surface area contributed by atoms with Crippen LogP contribution in [0.4, 0.5) is 4.79 Å². The molecule has 5 heteroatoms. The summed E-state index contributed by atoms with van der Waals surface area (Å²) in [5.41, 5.74) is 0. The monoisotopic (exact) mass is 296 g/mol. The molecule has 1 aliphatic heterocycles. The van der Waals surface area contributed by atoms with Crippen LogP contribution in [0.5, 0.6) is 0 Å². The second-order valence-electron chi connectivity index (χ2n) is 5.70. The van der Waals surface area contributed by atoms with E-state index in [0.29, 0.717) is 26.1 Å². The number of carboxylic acids is 1. The van der Waals surface area contributed by atoms with Gasteiger partial charge in [-0.05, 0) is 32.1 Å². The van der Waals surface area contributed by atoms with Gasteiger partial charge in [0.1, 0.15) is 0 Å². The van der Waals surface area contributed by atoms with Crippen molar-refractivity contribution in [2.24, 2.45) is 5.92 Å². The maximum atomic E-state index is 12.0. The highest BCUT2D eigenvalue weighted by Gasteiger charge is 2.27. The number of aliphatic carboxylic acids is 1. The van der Waals surface area contributed by atoms with Gasteiger partial charge in [0.2, 0.25) is 0 Å². The maximum absolute atomic E-state index is 12.0. The lowest BCUT2D eigenvalue weighted by molar-refractivity contribution is -0.143. The normalized spacial score (nSPS) is 18.3. The van der Waals surface area contributed by atoms with Crippen LogP contribution in [-0.4, -0.2) is 41.6 Å². The average Bonchev–Trinajstić information content (AvgIpc) is 2.49. The van der Waals surface area contributed by atoms with Gasteiger partial charge in [-0.2, -0.15) is 0 Å². The third-order valence-corrected chi connectivity index (χ3v) is 3.92. The van der Waals surface area contributed by atoms with Gasteiger partial charge < -0.3 is 15.3 Å². The summed E-state index contributed by atoms with van der Waals surface area (Å²) in [7, 11) is 0. The topological polar surface area (TPSA) is 69.6 Å². The van der Waals surface area contributed by atoms with Gasteiger partial charge in [0.05, 0.1) is 5.92 Å². The van der Waals surface area contributed by atoms with Crippen molar-refractivity contribution in [2.75, 3.05) is 19.6 Å². The van der Waals surface area contributed by atoms with Crippen molar-refractivity contribution < 1.29 is 14.7 Å². The van der Waals surface area contributed by atoms with Gasteiger partial charge in [0.15, 0.2) is 0 Å². The number of piperidine rings is 1. The van der Waals surface area contributed by atoms with E-state index >= 15 is 0 Å². The predicted octanol–water partition coefficient (Wildman–Crippen LogP) is 3.02. The van der Waals surface area contributed by atoms with Crippen molar-refractivity contribution in [3.05, 3.63) is 12.7 Å². The number of urea groups is 1. The molecule has 2 N–H and O–H groups in total. The molecule has 1 heterocycles. The predicted molar refractivity (Wildman–Crippen MR) is 83.2 cm³/mol. The highest BCUT2D eigenvalue weighted by atomic mass is 16.4. The Kier molecular flexibility index (Phi) is 8.55. The van der Waals surface area contributed by atoms with Crippen molar-refractivity contribution in [3.8, 4) is 0 Å². The molecule has 1 atom stereocenters. The van der Waals surface area contributed by atoms with Crippen molar-refractivity contribution >= 4 is 12.0 Å². The van der Waals surface area contributed by atoms with E-state index in [1.165, 1.54) is 19.3 Å². The number of nitrogens with one attached hydrogen (secondary N) is 1. The number of amides is 2. The summed E-state index contributed by atoms with van der Waals surface area (Å²) in [6.07, 6.45) is 10.2. The number of carbonyl (C=O) groups is 2. The van der Waals surface area contributed by atoms with E-state index in [0.717, 1.165) is 25.7 Å². The van der Waals surface area contributed by atoms with Gasteiger partial charge in [-0.15, -0.1) is 6.58 Å². The minimum Gasteiger partial charge on any atom is -0.481 e. The van der Waals surface area contributed by atoms with Crippen molar-refractivity contribution in [1.82, 2.24) is 10.2 Å². The number of carbonyl (C=O) groups excluding carboxylic acids is 1. The number of hydrogen-bond acceptors (Lipinski definition) is 2. The molecule has 120 valence electrons. The fourth-order valence-electron chi connectivity index (χ4n) is 2.61. The Bertz CT molecular complexity index is 344. The van der Waals surface area contributed by atoms with E-state index < -0.39 is 11.9 Å². The van der Waals surface area contributed by atoms with Crippen molar-refractivity contribution in [1.29, 1.82) is 0 Å². The Morgan fingerprint density at radius 2 is 1.95 bits per heavy atom. The lowest BCUT2D eigenvalue weighted by Gasteiger charge is -2.30. The Morgan fingerprint density at radius 3 is 2.67 bits per heavy atom. The molecule has 0 saturated carbocycles. The molecule has 2 amide bonds. The van der Waals surface area contributed by atoms with E-state index in [1.54, 1.807) is 4.90 Å². The Labute approximate surface area is 127 Å². The molecule has 1 fully saturated rings. The quantitative estimate of drug-likeness (QED) is 0.507. The van der Waals surface area contributed by atoms with Gasteiger partial charge in [-0.25, -0.2) is 4.79 Å². The molecule has 0 radical (unpaired) electrons. The molecular formula is C16H28N2O3. The van der Waals surface area contributed by atoms with E-state index in [9.17, 15) is 9.59 Å². The first-order chi connectivity index (χ1) is 10.1. The van der Waals surface area contributed by atoms with E-state index in [4.69, 9.17) is 5.11 Å². The second kappa shape index (κ2) is 10.2. The number of unbranched alkanes of at least 4 members (excludes halogenated alkanes) is 5. The maximum Gasteiger partial charge on any atom is 0.317 e. The molecule has 0 aromatic carbocycles. The van der Waals surface area contributed by atoms with E-state index in [1.807, 2.05) is 6.08 Å². The number of likely N-dealkylation sites (tertiary alicyclic amines) is 1. The standard InChI is InChI=1S/C16H28N2O3/c1-2-3-4-5-6-7-8-11-17-16(21)18-12-9-10-14(13-18)15(19)20/h2,14H,1,3-13H2,(H,17,21)(H,19,20). The van der Waals surface area contributed by atoms with Crippen LogP contribution in [0.1, 0.15) is 51.4 Å². The van der Waals surface area contributed by atoms with Crippen molar-refractivity contribution in [2.45, 2.75) is 51.4 Å². The summed E-state index contributed by atoms with van der Waals surface area (Å²) in [6.45, 7) is 5.37. The van der Waals surface area contributed by atoms with Crippen LogP contribution < -0.4 is 5.32 Å². The van der Waals surface area contributed by atoms with Gasteiger partial charge in [0, 0.05) is 19.6 Å². The fraction of sp³-hybridized carbons (Fsp3) is 0.750. The molecule has 5 nitrogen and oxygen atoms in total. The van der Waals surface area contributed by atoms with Crippen LogP contribution in [0.15, 0.2) is 12.7 Å². The molecule has 0 aromatic heterocycles. The highest BCUT2D eigenvalue weighted by molar-refractivity contribution is 5.76. The molecule has 1 unspecified atom stereocenters. The SMILES string of the molecule is C=CCCCCCCCNC(=O)N1CCCC(C(=O)O)C1. The van der Waals surface area contributed by atoms with Crippen LogP contribution in [-0.2, 0) is 4.79 Å². The zero-order valence-electron chi connectivity index (χ0n) is 12.9. The minimum absolute atomic E-state index is 0.118. The van der Waals surface area contributed by atoms with Crippen LogP contribution in [0.3, 0.4) is 0 Å². The highest BCUT2D eigenvalue weighted by Crippen LogP contribution is 2.16. The Balaban J connectivity index is 2.07. The molecule has 1 rings (SSSR count). The smallest absolute Gasteiger partial charge is 0.317 e. The molecule has 0 spiro atoms. The average molecular weight is 296 g/mol. The first kappa shape index (κ1) is 17.5. The molecule has 0 aliphatic carbocycles. The second-order valence-corrected chi connectivity index (χ2v) is 5.70. The number of allylic oxidation sites excluding steroid dienone is 1. The molecule has 1 saturated heterocycles. The third kappa shape index (κ3) is 7.16. The Morgan fingerprint density at radius 1 is 1.24 bits per heavy atom. The summed E-state index contributed by atoms with van der Waals surface area (Å²) in [5, 5.41) is 11.9. The summed E-state index contributed by atoms with van der Waals surface area (Å²) < 4.78 is 0. The lowest BCUT2D eigenvalue weighted by atomic mass is 9.99. The molecule has 21 heavy (non-hydrogen) atoms. The zero-order chi connectivity index (χ0) is 15.5. The summed E-state index contributed by atoms with van der Waals surface area (Å²) in [5.74, 6) is -1.21. The number of nitrogens with zero attached hydrogens (tertiary/aromatic N) is 1. The van der Waals surface area contributed by atoms with Crippen LogP contribution in [0.25, 0.3) is 0 Å². The summed E-state index contributed by atoms with van der Waals surface area (Å²) in [4.78, 5) is 24.5. The zero-order valence-corrected chi connectivity index (χ0v) is 12.9. The van der Waals surface area contributed by atoms with Crippen LogP contribution >= 0.6 is 0 Å². The largest absolute Gasteiger partial charge is 0.481 e. The molecule has 1 aliphatic rings. The minimum atomic E-state index is -0.799. The van der Waals surface area contributed by atoms with Crippen molar-refractivity contribution in [3.63, 3.8) is 0 Å². The lowest BCUT2D eigenvalue weighted by Crippen LogP contribution is -2.47. The first-order valence-electron chi connectivity index (χ1n) is 8.01. The van der Waals surface area contributed by atoms with Crippen LogP contribution in [0.2, 0.25) is 0 Å². The first-order valence-corrected chi connectivity index (χ1v) is 8.01. The number of hydrogen-bond donors (Lipinski definition) is 2. The Hall–Kier alpha value is -1.52. The summed E-state index contributed by atoms with van der Waals surface area (Å²) in [6, 6.07) is -0.118. The van der Waals surface area contributed by atoms with Gasteiger partial charge in [0.25, 0.3) is 0 Å².